The largest absolute Gasteiger partial charge is 0.488 e. The van der Waals surface area contributed by atoms with Gasteiger partial charge in [0.15, 0.2) is 5.75 Å². The summed E-state index contributed by atoms with van der Waals surface area (Å²) in [6.07, 6.45) is 0. The molecule has 0 aromatic heterocycles. The van der Waals surface area contributed by atoms with Crippen molar-refractivity contribution >= 4 is 5.69 Å². The molecule has 1 fully saturated rings. The Balaban J connectivity index is 2.11. The van der Waals surface area contributed by atoms with Gasteiger partial charge in [0.25, 0.3) is 10.9 Å². The van der Waals surface area contributed by atoms with E-state index in [9.17, 15) is 9.59 Å². The van der Waals surface area contributed by atoms with Crippen molar-refractivity contribution in [1.82, 2.24) is 4.90 Å². The van der Waals surface area contributed by atoms with E-state index in [1.807, 2.05) is 11.8 Å². The molecule has 0 radical (unpaired) electrons. The lowest BCUT2D eigenvalue weighted by Crippen LogP contribution is -2.51. The fourth-order valence-corrected chi connectivity index (χ4v) is 2.21. The van der Waals surface area contributed by atoms with Gasteiger partial charge in [-0.2, -0.15) is 0 Å². The van der Waals surface area contributed by atoms with Crippen molar-refractivity contribution in [2.24, 2.45) is 0 Å². The van der Waals surface area contributed by atoms with Crippen LogP contribution in [0, 0.1) is 0 Å². The summed E-state index contributed by atoms with van der Waals surface area (Å²) in [4.78, 5) is 27.2. The van der Waals surface area contributed by atoms with Crippen molar-refractivity contribution in [2.75, 3.05) is 44.2 Å². The molecule has 1 aromatic carbocycles. The summed E-state index contributed by atoms with van der Waals surface area (Å²) in [5.41, 5.74) is -0.370. The molecule has 0 atom stereocenters. The van der Waals surface area contributed by atoms with E-state index < -0.39 is 10.9 Å². The maximum absolute atomic E-state index is 11.6. The lowest BCUT2D eigenvalue weighted by atomic mass is 10.1. The van der Waals surface area contributed by atoms with Crippen LogP contribution in [0.15, 0.2) is 9.59 Å². The van der Waals surface area contributed by atoms with Crippen LogP contribution in [0.5, 0.6) is 5.75 Å². The van der Waals surface area contributed by atoms with Crippen molar-refractivity contribution in [2.45, 2.75) is 13.8 Å². The molecule has 1 aliphatic rings. The average Bonchev–Trinajstić information content (AvgIpc) is 2.38. The van der Waals surface area contributed by atoms with Gasteiger partial charge in [-0.15, -0.1) is 0 Å². The highest BCUT2D eigenvalue weighted by atomic mass is 16.5. The second-order valence-electron chi connectivity index (χ2n) is 4.19. The first-order valence-corrected chi connectivity index (χ1v) is 6.12. The highest BCUT2D eigenvalue weighted by Gasteiger charge is 2.29. The molecule has 0 unspecified atom stereocenters. The zero-order valence-corrected chi connectivity index (χ0v) is 10.4. The first-order chi connectivity index (χ1) is 8.19. The van der Waals surface area contributed by atoms with Crippen molar-refractivity contribution < 1.29 is 4.74 Å². The van der Waals surface area contributed by atoms with Gasteiger partial charge in [0.2, 0.25) is 0 Å². The molecule has 0 amide bonds. The molecule has 0 saturated carbocycles. The Morgan fingerprint density at radius 2 is 1.71 bits per heavy atom. The second kappa shape index (κ2) is 4.87. The Morgan fingerprint density at radius 3 is 2.24 bits per heavy atom. The topological polar surface area (TPSA) is 49.9 Å². The highest BCUT2D eigenvalue weighted by molar-refractivity contribution is 5.64. The average molecular weight is 238 g/mol. The molecule has 0 bridgehead atoms. The second-order valence-corrected chi connectivity index (χ2v) is 4.19. The van der Waals surface area contributed by atoms with E-state index in [4.69, 9.17) is 4.74 Å². The molecule has 0 spiro atoms. The van der Waals surface area contributed by atoms with Crippen LogP contribution < -0.4 is 20.5 Å². The van der Waals surface area contributed by atoms with E-state index in [-0.39, 0.29) is 5.75 Å². The van der Waals surface area contributed by atoms with Gasteiger partial charge < -0.3 is 14.5 Å². The summed E-state index contributed by atoms with van der Waals surface area (Å²) >= 11 is 0. The van der Waals surface area contributed by atoms with Crippen LogP contribution in [0.2, 0.25) is 0 Å². The van der Waals surface area contributed by atoms with Gasteiger partial charge in [0.1, 0.15) is 5.69 Å². The monoisotopic (exact) mass is 238 g/mol. The first-order valence-electron chi connectivity index (χ1n) is 6.12. The van der Waals surface area contributed by atoms with Crippen LogP contribution in [0.4, 0.5) is 5.69 Å². The Hall–Kier alpha value is -1.36. The minimum Gasteiger partial charge on any atom is -0.488 e. The predicted octanol–water partition coefficient (Wildman–Crippen LogP) is -0.177. The lowest BCUT2D eigenvalue weighted by molar-refractivity contribution is 0.268. The highest BCUT2D eigenvalue weighted by Crippen LogP contribution is 2.23. The molecule has 5 heteroatoms. The molecule has 2 rings (SSSR count). The molecule has 5 nitrogen and oxygen atoms in total. The number of ether oxygens (including phenoxy) is 1. The summed E-state index contributed by atoms with van der Waals surface area (Å²) in [6, 6.07) is 0. The van der Waals surface area contributed by atoms with Crippen LogP contribution in [0.3, 0.4) is 0 Å². The number of piperazine rings is 1. The fraction of sp³-hybridized carbons (Fsp3) is 0.667. The number of likely N-dealkylation sites (N-methyl/N-ethyl adjacent to an activating group) is 1. The van der Waals surface area contributed by atoms with Gasteiger partial charge in [0, 0.05) is 26.2 Å². The van der Waals surface area contributed by atoms with Gasteiger partial charge in [-0.25, -0.2) is 0 Å². The molecular formula is C12H18N2O3. The van der Waals surface area contributed by atoms with Gasteiger partial charge in [-0.05, 0) is 13.5 Å². The number of hydrogen-bond acceptors (Lipinski definition) is 5. The Bertz CT molecular complexity index is 454. The number of rotatable bonds is 4. The third-order valence-electron chi connectivity index (χ3n) is 3.27. The quantitative estimate of drug-likeness (QED) is 0.681. The lowest BCUT2D eigenvalue weighted by Gasteiger charge is -2.36. The van der Waals surface area contributed by atoms with Gasteiger partial charge in [-0.3, -0.25) is 9.59 Å². The number of anilines is 1. The fourth-order valence-electron chi connectivity index (χ4n) is 2.21. The van der Waals surface area contributed by atoms with Gasteiger partial charge >= 0.3 is 0 Å². The van der Waals surface area contributed by atoms with Crippen molar-refractivity contribution in [3.63, 3.8) is 0 Å². The van der Waals surface area contributed by atoms with E-state index in [0.717, 1.165) is 32.7 Å². The Morgan fingerprint density at radius 1 is 1.06 bits per heavy atom. The molecule has 1 saturated heterocycles. The van der Waals surface area contributed by atoms with Crippen molar-refractivity contribution in [1.29, 1.82) is 0 Å². The molecular weight excluding hydrogens is 220 g/mol. The van der Waals surface area contributed by atoms with Crippen LogP contribution in [0.25, 0.3) is 0 Å². The Kier molecular flexibility index (Phi) is 3.47. The summed E-state index contributed by atoms with van der Waals surface area (Å²) in [7, 11) is 0. The summed E-state index contributed by atoms with van der Waals surface area (Å²) in [5.74, 6) is 0.266. The van der Waals surface area contributed by atoms with Gasteiger partial charge in [-0.1, -0.05) is 6.92 Å². The third-order valence-corrected chi connectivity index (χ3v) is 3.27. The summed E-state index contributed by atoms with van der Waals surface area (Å²) < 4.78 is 5.23. The van der Waals surface area contributed by atoms with Crippen LogP contribution in [-0.4, -0.2) is 44.2 Å². The van der Waals surface area contributed by atoms with E-state index in [2.05, 4.69) is 11.8 Å². The molecule has 17 heavy (non-hydrogen) atoms. The summed E-state index contributed by atoms with van der Waals surface area (Å²) in [5, 5.41) is 0. The minimum atomic E-state index is -0.472. The maximum Gasteiger partial charge on any atom is 0.272 e. The number of nitrogens with zero attached hydrogens (tertiary/aromatic N) is 2. The molecule has 1 aromatic rings. The van der Waals surface area contributed by atoms with E-state index in [1.54, 1.807) is 0 Å². The standard InChI is InChI=1S/C12H18N2O3/c1-3-13-5-7-14(8-6-13)9-10(15)11(16)12(9)17-4-2/h3-8H2,1-2H3. The minimum absolute atomic E-state index is 0.266. The third kappa shape index (κ3) is 2.07. The molecule has 1 aliphatic heterocycles. The summed E-state index contributed by atoms with van der Waals surface area (Å²) in [6.45, 7) is 8.83. The molecule has 94 valence electrons. The molecule has 1 heterocycles. The van der Waals surface area contributed by atoms with E-state index in [0.29, 0.717) is 12.3 Å². The molecule has 0 N–H and O–H groups in total. The first kappa shape index (κ1) is 12.1. The van der Waals surface area contributed by atoms with Crippen LogP contribution in [0.1, 0.15) is 13.8 Å². The smallest absolute Gasteiger partial charge is 0.272 e. The molecule has 0 aliphatic carbocycles. The number of hydrogen-bond donors (Lipinski definition) is 0. The van der Waals surface area contributed by atoms with Gasteiger partial charge in [0.05, 0.1) is 6.61 Å². The maximum atomic E-state index is 11.6. The van der Waals surface area contributed by atoms with E-state index >= 15 is 0 Å². The SMILES string of the molecule is CCOc1c(N2CCN(CC)CC2)c(=O)c1=O. The van der Waals surface area contributed by atoms with Crippen LogP contribution in [-0.2, 0) is 0 Å². The van der Waals surface area contributed by atoms with Crippen LogP contribution >= 0.6 is 0 Å². The predicted molar refractivity (Wildman–Crippen MR) is 66.9 cm³/mol. The zero-order chi connectivity index (χ0) is 12.4. The Labute approximate surface area is 100 Å². The van der Waals surface area contributed by atoms with Crippen molar-refractivity contribution in [3.05, 3.63) is 20.4 Å². The zero-order valence-electron chi connectivity index (χ0n) is 10.4. The normalized spacial score (nSPS) is 17.6. The van der Waals surface area contributed by atoms with E-state index in [1.165, 1.54) is 0 Å². The van der Waals surface area contributed by atoms with Crippen molar-refractivity contribution in [3.8, 4) is 5.75 Å².